The molecule has 0 saturated carbocycles. The molecule has 2 aliphatic rings. The fourth-order valence-corrected chi connectivity index (χ4v) is 4.98. The Morgan fingerprint density at radius 1 is 1.00 bits per heavy atom. The van der Waals surface area contributed by atoms with Crippen LogP contribution in [0.1, 0.15) is 32.9 Å². The fraction of sp³-hybridized carbons (Fsp3) is 0.320. The first kappa shape index (κ1) is 19.8. The number of likely N-dealkylation sites (tertiary alicyclic amines) is 2. The Balaban J connectivity index is 1.13. The van der Waals surface area contributed by atoms with E-state index in [1.807, 2.05) is 53.4 Å². The first-order chi connectivity index (χ1) is 15.1. The molecule has 2 aliphatic heterocycles. The zero-order valence-corrected chi connectivity index (χ0v) is 17.4. The van der Waals surface area contributed by atoms with E-state index in [1.165, 1.54) is 0 Å². The third-order valence-electron chi connectivity index (χ3n) is 6.52. The normalized spacial score (nSPS) is 21.0. The molecule has 2 fully saturated rings. The van der Waals surface area contributed by atoms with Crippen LogP contribution in [0.2, 0.25) is 0 Å². The highest BCUT2D eigenvalue weighted by molar-refractivity contribution is 5.96. The Bertz CT molecular complexity index is 1070. The third-order valence-corrected chi connectivity index (χ3v) is 6.52. The van der Waals surface area contributed by atoms with E-state index in [0.29, 0.717) is 23.2 Å². The van der Waals surface area contributed by atoms with E-state index in [4.69, 9.17) is 10.2 Å². The molecular formula is C25H26N3O3. The van der Waals surface area contributed by atoms with Gasteiger partial charge in [-0.1, -0.05) is 36.4 Å². The third kappa shape index (κ3) is 3.95. The lowest BCUT2D eigenvalue weighted by Crippen LogP contribution is -2.33. The molecule has 6 heteroatoms. The largest absolute Gasteiger partial charge is 0.451 e. The van der Waals surface area contributed by atoms with Crippen molar-refractivity contribution < 1.29 is 14.0 Å². The van der Waals surface area contributed by atoms with Gasteiger partial charge in [0, 0.05) is 37.1 Å². The molecule has 159 valence electrons. The van der Waals surface area contributed by atoms with Crippen LogP contribution in [0.25, 0.3) is 11.0 Å². The van der Waals surface area contributed by atoms with Crippen molar-refractivity contribution in [2.45, 2.75) is 6.42 Å². The molecule has 2 aromatic carbocycles. The zero-order chi connectivity index (χ0) is 21.4. The summed E-state index contributed by atoms with van der Waals surface area (Å²) in [6.07, 6.45) is 2.96. The topological polar surface area (TPSA) is 79.8 Å². The second-order valence-corrected chi connectivity index (χ2v) is 8.58. The lowest BCUT2D eigenvalue weighted by atomic mass is 10.0. The number of carbonyl (C=O) groups excluding carboxylic acids is 2. The van der Waals surface area contributed by atoms with Gasteiger partial charge in [0.15, 0.2) is 5.76 Å². The SMILES string of the molecule is NC(=O)c1ccccc1[CH]CCN1CC2CN(C(=O)c3cc4ccccc4o3)C[C@@H]2C1. The predicted molar refractivity (Wildman–Crippen MR) is 119 cm³/mol. The first-order valence-corrected chi connectivity index (χ1v) is 10.8. The second kappa shape index (κ2) is 8.19. The summed E-state index contributed by atoms with van der Waals surface area (Å²) in [5, 5.41) is 0.963. The Kier molecular flexibility index (Phi) is 5.24. The van der Waals surface area contributed by atoms with Crippen LogP contribution in [0.4, 0.5) is 0 Å². The molecule has 5 rings (SSSR count). The molecule has 2 N–H and O–H groups in total. The van der Waals surface area contributed by atoms with E-state index in [9.17, 15) is 9.59 Å². The lowest BCUT2D eigenvalue weighted by Gasteiger charge is -2.21. The van der Waals surface area contributed by atoms with Gasteiger partial charge in [-0.2, -0.15) is 0 Å². The van der Waals surface area contributed by atoms with E-state index in [1.54, 1.807) is 6.07 Å². The molecule has 2 saturated heterocycles. The van der Waals surface area contributed by atoms with Gasteiger partial charge in [-0.15, -0.1) is 0 Å². The maximum atomic E-state index is 12.9. The van der Waals surface area contributed by atoms with E-state index in [-0.39, 0.29) is 5.91 Å². The number of benzene rings is 2. The smallest absolute Gasteiger partial charge is 0.289 e. The van der Waals surface area contributed by atoms with Gasteiger partial charge >= 0.3 is 0 Å². The second-order valence-electron chi connectivity index (χ2n) is 8.58. The maximum Gasteiger partial charge on any atom is 0.289 e. The number of nitrogens with zero attached hydrogens (tertiary/aromatic N) is 2. The maximum absolute atomic E-state index is 12.9. The Morgan fingerprint density at radius 3 is 2.45 bits per heavy atom. The molecule has 1 radical (unpaired) electrons. The molecule has 6 nitrogen and oxygen atoms in total. The van der Waals surface area contributed by atoms with Crippen molar-refractivity contribution in [1.82, 2.24) is 9.80 Å². The van der Waals surface area contributed by atoms with Crippen LogP contribution in [0, 0.1) is 18.3 Å². The minimum Gasteiger partial charge on any atom is -0.451 e. The van der Waals surface area contributed by atoms with E-state index in [0.717, 1.165) is 55.7 Å². The van der Waals surface area contributed by atoms with Crippen LogP contribution in [0.15, 0.2) is 59.0 Å². The molecule has 0 spiro atoms. The zero-order valence-electron chi connectivity index (χ0n) is 17.4. The van der Waals surface area contributed by atoms with Crippen LogP contribution >= 0.6 is 0 Å². The number of rotatable bonds is 6. The Hall–Kier alpha value is -3.12. The summed E-state index contributed by atoms with van der Waals surface area (Å²) in [5.74, 6) is 1.04. The minimum atomic E-state index is -0.392. The molecule has 0 aliphatic carbocycles. The molecule has 0 bridgehead atoms. The number of furan rings is 1. The number of fused-ring (bicyclic) bond motifs is 2. The van der Waals surface area contributed by atoms with Gasteiger partial charge in [0.05, 0.1) is 0 Å². The molecule has 2 amide bonds. The number of hydrogen-bond acceptors (Lipinski definition) is 4. The van der Waals surface area contributed by atoms with Crippen LogP contribution in [-0.4, -0.2) is 54.3 Å². The summed E-state index contributed by atoms with van der Waals surface area (Å²) in [6.45, 7) is 4.51. The number of amides is 2. The predicted octanol–water partition coefficient (Wildman–Crippen LogP) is 3.18. The highest BCUT2D eigenvalue weighted by Gasteiger charge is 2.42. The first-order valence-electron chi connectivity index (χ1n) is 10.8. The van der Waals surface area contributed by atoms with Crippen molar-refractivity contribution in [3.63, 3.8) is 0 Å². The Morgan fingerprint density at radius 2 is 1.71 bits per heavy atom. The Labute approximate surface area is 181 Å². The van der Waals surface area contributed by atoms with Gasteiger partial charge in [-0.25, -0.2) is 0 Å². The van der Waals surface area contributed by atoms with Gasteiger partial charge in [-0.05, 0) is 55.0 Å². The van der Waals surface area contributed by atoms with Crippen molar-refractivity contribution in [2.75, 3.05) is 32.7 Å². The average molecular weight is 417 g/mol. The quantitative estimate of drug-likeness (QED) is 0.669. The van der Waals surface area contributed by atoms with Gasteiger partial charge in [0.2, 0.25) is 5.91 Å². The van der Waals surface area contributed by atoms with Crippen molar-refractivity contribution in [3.8, 4) is 0 Å². The van der Waals surface area contributed by atoms with Crippen LogP contribution < -0.4 is 5.73 Å². The summed E-state index contributed by atoms with van der Waals surface area (Å²) in [6, 6.07) is 17.0. The molecule has 1 aromatic heterocycles. The van der Waals surface area contributed by atoms with Crippen molar-refractivity contribution in [1.29, 1.82) is 0 Å². The number of nitrogens with two attached hydrogens (primary N) is 1. The highest BCUT2D eigenvalue weighted by atomic mass is 16.3. The summed E-state index contributed by atoms with van der Waals surface area (Å²) >= 11 is 0. The fourth-order valence-electron chi connectivity index (χ4n) is 4.98. The number of hydrogen-bond donors (Lipinski definition) is 1. The molecular weight excluding hydrogens is 390 g/mol. The van der Waals surface area contributed by atoms with Crippen LogP contribution in [0.5, 0.6) is 0 Å². The standard InChI is InChI=1S/C25H26N3O3/c26-24(29)21-9-3-1-6-17(21)8-5-11-27-13-19-15-28(16-20(19)14-27)25(30)23-12-18-7-2-4-10-22(18)31-23/h1-4,6-10,12,19-20H,5,11,13-16H2,(H2,26,29)/t19-,20?/m0/s1. The summed E-state index contributed by atoms with van der Waals surface area (Å²) < 4.78 is 5.77. The van der Waals surface area contributed by atoms with Gasteiger partial charge < -0.3 is 20.0 Å². The van der Waals surface area contributed by atoms with Crippen LogP contribution in [-0.2, 0) is 0 Å². The van der Waals surface area contributed by atoms with E-state index in [2.05, 4.69) is 11.3 Å². The highest BCUT2D eigenvalue weighted by Crippen LogP contribution is 2.33. The van der Waals surface area contributed by atoms with Crippen molar-refractivity contribution in [2.24, 2.45) is 17.6 Å². The number of carbonyl (C=O) groups is 2. The van der Waals surface area contributed by atoms with Crippen molar-refractivity contribution in [3.05, 3.63) is 77.9 Å². The monoisotopic (exact) mass is 416 g/mol. The van der Waals surface area contributed by atoms with Gasteiger partial charge in [0.1, 0.15) is 5.58 Å². The molecule has 3 aromatic rings. The van der Waals surface area contributed by atoms with Crippen molar-refractivity contribution >= 4 is 22.8 Å². The number of primary amides is 1. The molecule has 31 heavy (non-hydrogen) atoms. The van der Waals surface area contributed by atoms with Gasteiger partial charge in [-0.3, -0.25) is 9.59 Å². The summed E-state index contributed by atoms with van der Waals surface area (Å²) in [5.41, 5.74) is 7.69. The molecule has 3 heterocycles. The lowest BCUT2D eigenvalue weighted by molar-refractivity contribution is 0.0744. The average Bonchev–Trinajstić information content (AvgIpc) is 3.46. The van der Waals surface area contributed by atoms with Crippen LogP contribution in [0.3, 0.4) is 0 Å². The summed E-state index contributed by atoms with van der Waals surface area (Å²) in [4.78, 5) is 28.9. The number of para-hydroxylation sites is 1. The minimum absolute atomic E-state index is 0.00598. The molecule has 1 unspecified atom stereocenters. The molecule has 2 atom stereocenters. The van der Waals surface area contributed by atoms with E-state index >= 15 is 0 Å². The summed E-state index contributed by atoms with van der Waals surface area (Å²) in [7, 11) is 0. The van der Waals surface area contributed by atoms with Gasteiger partial charge in [0.25, 0.3) is 5.91 Å². The van der Waals surface area contributed by atoms with E-state index < -0.39 is 5.91 Å².